The number of thioether (sulfide) groups is 1. The van der Waals surface area contributed by atoms with Crippen LogP contribution >= 0.6 is 11.8 Å². The Labute approximate surface area is 115 Å². The fraction of sp³-hybridized carbons (Fsp3) is 0.417. The maximum Gasteiger partial charge on any atom is 0.157 e. The SMILES string of the molecule is N=C1SC2CS(=O)(=O)CC2N1Cc1ccc(F)cc1. The van der Waals surface area contributed by atoms with Crippen LogP contribution in [0.2, 0.25) is 0 Å². The van der Waals surface area contributed by atoms with E-state index >= 15 is 0 Å². The zero-order valence-electron chi connectivity index (χ0n) is 10.0. The van der Waals surface area contributed by atoms with E-state index in [1.807, 2.05) is 4.90 Å². The number of rotatable bonds is 2. The molecule has 0 saturated carbocycles. The van der Waals surface area contributed by atoms with Crippen molar-refractivity contribution < 1.29 is 12.8 Å². The molecule has 1 N–H and O–H groups in total. The first-order valence-electron chi connectivity index (χ1n) is 5.91. The first kappa shape index (κ1) is 12.9. The second kappa shape index (κ2) is 4.49. The van der Waals surface area contributed by atoms with Crippen LogP contribution in [0, 0.1) is 11.2 Å². The molecule has 0 radical (unpaired) electrons. The van der Waals surface area contributed by atoms with Gasteiger partial charge >= 0.3 is 0 Å². The Kier molecular flexibility index (Phi) is 3.05. The molecule has 2 heterocycles. The van der Waals surface area contributed by atoms with E-state index in [4.69, 9.17) is 5.41 Å². The molecule has 2 aliphatic rings. The lowest BCUT2D eigenvalue weighted by atomic mass is 10.1. The van der Waals surface area contributed by atoms with Crippen molar-refractivity contribution >= 4 is 26.8 Å². The van der Waals surface area contributed by atoms with Crippen molar-refractivity contribution in [2.75, 3.05) is 11.5 Å². The van der Waals surface area contributed by atoms with Crippen molar-refractivity contribution in [3.63, 3.8) is 0 Å². The van der Waals surface area contributed by atoms with E-state index in [9.17, 15) is 12.8 Å². The lowest BCUT2D eigenvalue weighted by Crippen LogP contribution is -2.36. The van der Waals surface area contributed by atoms with Crippen LogP contribution in [0.15, 0.2) is 24.3 Å². The fourth-order valence-electron chi connectivity index (χ4n) is 2.54. The maximum absolute atomic E-state index is 12.9. The highest BCUT2D eigenvalue weighted by atomic mass is 32.2. The van der Waals surface area contributed by atoms with Gasteiger partial charge in [0, 0.05) is 11.8 Å². The van der Waals surface area contributed by atoms with E-state index in [-0.39, 0.29) is 28.6 Å². The Hall–Kier alpha value is -1.08. The minimum absolute atomic E-state index is 0.0297. The molecule has 4 nitrogen and oxygen atoms in total. The van der Waals surface area contributed by atoms with Crippen LogP contribution in [0.3, 0.4) is 0 Å². The molecular weight excluding hydrogens is 287 g/mol. The van der Waals surface area contributed by atoms with Gasteiger partial charge in [0.1, 0.15) is 5.82 Å². The number of hydrogen-bond donors (Lipinski definition) is 1. The first-order chi connectivity index (χ1) is 8.94. The Morgan fingerprint density at radius 3 is 2.68 bits per heavy atom. The minimum Gasteiger partial charge on any atom is -0.342 e. The highest BCUT2D eigenvalue weighted by molar-refractivity contribution is 8.15. The molecule has 0 bridgehead atoms. The number of halogens is 1. The van der Waals surface area contributed by atoms with Crippen molar-refractivity contribution in [1.29, 1.82) is 5.41 Å². The molecule has 2 aliphatic heterocycles. The van der Waals surface area contributed by atoms with Gasteiger partial charge in [-0.15, -0.1) is 0 Å². The zero-order valence-corrected chi connectivity index (χ0v) is 11.7. The number of hydrogen-bond acceptors (Lipinski definition) is 4. The van der Waals surface area contributed by atoms with E-state index < -0.39 is 9.84 Å². The maximum atomic E-state index is 12.9. The fourth-order valence-corrected chi connectivity index (χ4v) is 6.37. The average molecular weight is 300 g/mol. The minimum atomic E-state index is -2.98. The molecule has 102 valence electrons. The smallest absolute Gasteiger partial charge is 0.157 e. The predicted octanol–water partition coefficient (Wildman–Crippen LogP) is 1.47. The van der Waals surface area contributed by atoms with Gasteiger partial charge in [-0.3, -0.25) is 5.41 Å². The third-order valence-electron chi connectivity index (χ3n) is 3.46. The van der Waals surface area contributed by atoms with Gasteiger partial charge in [0.05, 0.1) is 17.5 Å². The predicted molar refractivity (Wildman–Crippen MR) is 73.5 cm³/mol. The molecule has 2 atom stereocenters. The van der Waals surface area contributed by atoms with Crippen molar-refractivity contribution in [3.8, 4) is 0 Å². The lowest BCUT2D eigenvalue weighted by molar-refractivity contribution is 0.349. The molecule has 0 aromatic heterocycles. The molecule has 1 aromatic carbocycles. The Bertz CT molecular complexity index is 615. The molecule has 2 unspecified atom stereocenters. The normalized spacial score (nSPS) is 28.7. The number of sulfone groups is 1. The summed E-state index contributed by atoms with van der Waals surface area (Å²) < 4.78 is 36.1. The van der Waals surface area contributed by atoms with Crippen LogP contribution in [-0.4, -0.2) is 41.3 Å². The number of amidine groups is 1. The molecule has 19 heavy (non-hydrogen) atoms. The number of nitrogens with zero attached hydrogens (tertiary/aromatic N) is 1. The van der Waals surface area contributed by atoms with E-state index in [2.05, 4.69) is 0 Å². The van der Waals surface area contributed by atoms with Gasteiger partial charge in [0.15, 0.2) is 15.0 Å². The number of nitrogens with one attached hydrogen (secondary N) is 1. The molecular formula is C12H13FN2O2S2. The molecule has 7 heteroatoms. The molecule has 0 spiro atoms. The quantitative estimate of drug-likeness (QED) is 0.898. The summed E-state index contributed by atoms with van der Waals surface area (Å²) in [6.07, 6.45) is 0. The van der Waals surface area contributed by atoms with Gasteiger partial charge in [-0.1, -0.05) is 23.9 Å². The van der Waals surface area contributed by atoms with Gasteiger partial charge in [0.2, 0.25) is 0 Å². The van der Waals surface area contributed by atoms with Gasteiger partial charge in [-0.2, -0.15) is 0 Å². The Balaban J connectivity index is 1.80. The summed E-state index contributed by atoms with van der Waals surface area (Å²) in [7, 11) is -2.98. The molecule has 2 saturated heterocycles. The van der Waals surface area contributed by atoms with Crippen LogP contribution in [0.5, 0.6) is 0 Å². The zero-order chi connectivity index (χ0) is 13.6. The molecule has 3 rings (SSSR count). The van der Waals surface area contributed by atoms with Crippen molar-refractivity contribution in [1.82, 2.24) is 4.90 Å². The summed E-state index contributed by atoms with van der Waals surface area (Å²) in [5, 5.41) is 8.33. The van der Waals surface area contributed by atoms with E-state index in [1.165, 1.54) is 23.9 Å². The molecule has 0 aliphatic carbocycles. The van der Waals surface area contributed by atoms with Crippen LogP contribution in [0.4, 0.5) is 4.39 Å². The Morgan fingerprint density at radius 2 is 2.00 bits per heavy atom. The molecule has 2 fully saturated rings. The first-order valence-corrected chi connectivity index (χ1v) is 8.61. The molecule has 1 aromatic rings. The van der Waals surface area contributed by atoms with Crippen molar-refractivity contribution in [2.45, 2.75) is 17.8 Å². The lowest BCUT2D eigenvalue weighted by Gasteiger charge is -2.23. The summed E-state index contributed by atoms with van der Waals surface area (Å²) in [6, 6.07) is 5.98. The highest BCUT2D eigenvalue weighted by Crippen LogP contribution is 2.38. The van der Waals surface area contributed by atoms with Crippen LogP contribution in [-0.2, 0) is 16.4 Å². The standard InChI is InChI=1S/C12H13FN2O2S2/c13-9-3-1-8(2-4-9)5-15-10-6-19(16,17)7-11(10)18-12(15)14/h1-4,10-11,14H,5-7H2. The summed E-state index contributed by atoms with van der Waals surface area (Å²) in [5.74, 6) is -0.0188. The third-order valence-corrected chi connectivity index (χ3v) is 6.63. The summed E-state index contributed by atoms with van der Waals surface area (Å²) in [4.78, 5) is 1.81. The van der Waals surface area contributed by atoms with Crippen LogP contribution in [0.1, 0.15) is 5.56 Å². The van der Waals surface area contributed by atoms with Gasteiger partial charge < -0.3 is 4.90 Å². The van der Waals surface area contributed by atoms with Gasteiger partial charge in [-0.25, -0.2) is 12.8 Å². The van der Waals surface area contributed by atoms with E-state index in [1.54, 1.807) is 12.1 Å². The Morgan fingerprint density at radius 1 is 1.32 bits per heavy atom. The highest BCUT2D eigenvalue weighted by Gasteiger charge is 2.47. The second-order valence-corrected chi connectivity index (χ2v) is 8.24. The van der Waals surface area contributed by atoms with Crippen molar-refractivity contribution in [3.05, 3.63) is 35.6 Å². The number of benzene rings is 1. The third kappa shape index (κ3) is 2.49. The van der Waals surface area contributed by atoms with E-state index in [0.717, 1.165) is 5.56 Å². The summed E-state index contributed by atoms with van der Waals surface area (Å²) in [6.45, 7) is 0.461. The van der Waals surface area contributed by atoms with Crippen LogP contribution < -0.4 is 0 Å². The van der Waals surface area contributed by atoms with Crippen LogP contribution in [0.25, 0.3) is 0 Å². The molecule has 0 amide bonds. The van der Waals surface area contributed by atoms with Gasteiger partial charge in [-0.05, 0) is 17.7 Å². The second-order valence-electron chi connectivity index (χ2n) is 4.86. The monoisotopic (exact) mass is 300 g/mol. The summed E-state index contributed by atoms with van der Waals surface area (Å²) in [5.41, 5.74) is 0.886. The van der Waals surface area contributed by atoms with Gasteiger partial charge in [0.25, 0.3) is 0 Å². The number of fused-ring (bicyclic) bond motifs is 1. The average Bonchev–Trinajstić information content (AvgIpc) is 2.75. The largest absolute Gasteiger partial charge is 0.342 e. The van der Waals surface area contributed by atoms with E-state index in [0.29, 0.717) is 11.7 Å². The van der Waals surface area contributed by atoms with Crippen molar-refractivity contribution in [2.24, 2.45) is 0 Å². The topological polar surface area (TPSA) is 61.2 Å². The summed E-state index contributed by atoms with van der Waals surface area (Å²) >= 11 is 1.32.